The number of halogens is 1. The summed E-state index contributed by atoms with van der Waals surface area (Å²) in [5.41, 5.74) is 0.372. The SMILES string of the molecule is COC1(CNC(=O)CCCc2cn(CCCC(=O)O)nn2)CC(CF)C1. The molecule has 0 saturated heterocycles. The molecule has 1 amide bonds. The van der Waals surface area contributed by atoms with E-state index in [-0.39, 0.29) is 24.9 Å². The Hall–Kier alpha value is -2.03. The van der Waals surface area contributed by atoms with Crippen LogP contribution in [-0.2, 0) is 27.3 Å². The summed E-state index contributed by atoms with van der Waals surface area (Å²) in [5.74, 6) is -0.836. The first-order chi connectivity index (χ1) is 12.5. The number of carbonyl (C=O) groups excluding carboxylic acids is 1. The van der Waals surface area contributed by atoms with E-state index in [0.717, 1.165) is 5.69 Å². The van der Waals surface area contributed by atoms with Crippen LogP contribution in [0.2, 0.25) is 0 Å². The molecule has 0 unspecified atom stereocenters. The maximum atomic E-state index is 12.6. The van der Waals surface area contributed by atoms with Crippen molar-refractivity contribution in [2.45, 2.75) is 57.1 Å². The van der Waals surface area contributed by atoms with E-state index in [1.54, 1.807) is 18.0 Å². The molecule has 2 rings (SSSR count). The number of carboxylic acid groups (broad SMARTS) is 1. The topological polar surface area (TPSA) is 106 Å². The second kappa shape index (κ2) is 9.61. The van der Waals surface area contributed by atoms with Gasteiger partial charge in [0.15, 0.2) is 0 Å². The summed E-state index contributed by atoms with van der Waals surface area (Å²) in [5, 5.41) is 19.5. The van der Waals surface area contributed by atoms with Crippen molar-refractivity contribution in [3.05, 3.63) is 11.9 Å². The predicted molar refractivity (Wildman–Crippen MR) is 91.3 cm³/mol. The Bertz CT molecular complexity index is 601. The summed E-state index contributed by atoms with van der Waals surface area (Å²) < 4.78 is 19.6. The van der Waals surface area contributed by atoms with E-state index in [0.29, 0.717) is 51.6 Å². The standard InChI is InChI=1S/C17H27FN4O4/c1-26-17(8-13(9-17)10-18)12-19-15(23)5-2-4-14-11-22(21-20-14)7-3-6-16(24)25/h11,13H,2-10,12H2,1H3,(H,19,23)(H,24,25). The minimum Gasteiger partial charge on any atom is -0.481 e. The number of carboxylic acids is 1. The number of aryl methyl sites for hydroxylation is 2. The smallest absolute Gasteiger partial charge is 0.303 e. The summed E-state index contributed by atoms with van der Waals surface area (Å²) >= 11 is 0. The monoisotopic (exact) mass is 370 g/mol. The average Bonchev–Trinajstić information content (AvgIpc) is 3.02. The van der Waals surface area contributed by atoms with Crippen molar-refractivity contribution in [1.29, 1.82) is 0 Å². The zero-order valence-corrected chi connectivity index (χ0v) is 15.1. The van der Waals surface area contributed by atoms with E-state index >= 15 is 0 Å². The molecule has 26 heavy (non-hydrogen) atoms. The number of carbonyl (C=O) groups is 2. The van der Waals surface area contributed by atoms with E-state index in [1.807, 2.05) is 0 Å². The highest BCUT2D eigenvalue weighted by molar-refractivity contribution is 5.75. The maximum absolute atomic E-state index is 12.6. The fourth-order valence-electron chi connectivity index (χ4n) is 3.22. The molecule has 1 heterocycles. The molecule has 9 heteroatoms. The molecule has 1 aromatic rings. The lowest BCUT2D eigenvalue weighted by atomic mass is 9.71. The number of alkyl halides is 1. The van der Waals surface area contributed by atoms with E-state index < -0.39 is 11.6 Å². The zero-order chi connectivity index (χ0) is 19.0. The molecule has 1 saturated carbocycles. The van der Waals surface area contributed by atoms with Gasteiger partial charge in [0, 0.05) is 39.2 Å². The molecule has 0 radical (unpaired) electrons. The molecule has 1 fully saturated rings. The van der Waals surface area contributed by atoms with Crippen molar-refractivity contribution >= 4 is 11.9 Å². The molecular formula is C17H27FN4O4. The Kier molecular flexibility index (Phi) is 7.50. The fraction of sp³-hybridized carbons (Fsp3) is 0.765. The third kappa shape index (κ3) is 6.05. The molecule has 2 N–H and O–H groups in total. The van der Waals surface area contributed by atoms with E-state index in [9.17, 15) is 14.0 Å². The highest BCUT2D eigenvalue weighted by Crippen LogP contribution is 2.40. The van der Waals surface area contributed by atoms with Crippen LogP contribution in [0.4, 0.5) is 4.39 Å². The Morgan fingerprint density at radius 2 is 2.19 bits per heavy atom. The molecule has 0 spiro atoms. The normalized spacial score (nSPS) is 22.0. The first-order valence-electron chi connectivity index (χ1n) is 8.95. The van der Waals surface area contributed by atoms with Crippen LogP contribution in [0.25, 0.3) is 0 Å². The van der Waals surface area contributed by atoms with Crippen molar-refractivity contribution in [2.24, 2.45) is 5.92 Å². The van der Waals surface area contributed by atoms with Gasteiger partial charge in [0.05, 0.1) is 18.0 Å². The van der Waals surface area contributed by atoms with Crippen LogP contribution in [0, 0.1) is 5.92 Å². The lowest BCUT2D eigenvalue weighted by Crippen LogP contribution is -2.54. The number of nitrogens with zero attached hydrogens (tertiary/aromatic N) is 3. The average molecular weight is 370 g/mol. The van der Waals surface area contributed by atoms with Crippen LogP contribution in [0.1, 0.15) is 44.2 Å². The lowest BCUT2D eigenvalue weighted by molar-refractivity contribution is -0.137. The van der Waals surface area contributed by atoms with Crippen LogP contribution >= 0.6 is 0 Å². The molecule has 0 aliphatic heterocycles. The number of aromatic nitrogens is 3. The quantitative estimate of drug-likeness (QED) is 0.575. The molecule has 1 aromatic heterocycles. The number of amides is 1. The van der Waals surface area contributed by atoms with Crippen LogP contribution < -0.4 is 5.32 Å². The molecule has 8 nitrogen and oxygen atoms in total. The van der Waals surface area contributed by atoms with Crippen LogP contribution in [0.5, 0.6) is 0 Å². The molecule has 0 aromatic carbocycles. The Morgan fingerprint density at radius 3 is 2.85 bits per heavy atom. The minimum atomic E-state index is -0.825. The van der Waals surface area contributed by atoms with Gasteiger partial charge in [0.2, 0.25) is 5.91 Å². The van der Waals surface area contributed by atoms with Crippen LogP contribution in [0.3, 0.4) is 0 Å². The van der Waals surface area contributed by atoms with E-state index in [1.165, 1.54) is 0 Å². The first-order valence-corrected chi connectivity index (χ1v) is 8.95. The summed E-state index contributed by atoms with van der Waals surface area (Å²) in [7, 11) is 1.60. The van der Waals surface area contributed by atoms with Gasteiger partial charge in [-0.1, -0.05) is 5.21 Å². The Labute approximate surface area is 152 Å². The number of nitrogens with one attached hydrogen (secondary N) is 1. The van der Waals surface area contributed by atoms with Crippen molar-refractivity contribution < 1.29 is 23.8 Å². The highest BCUT2D eigenvalue weighted by Gasteiger charge is 2.44. The molecule has 1 aliphatic carbocycles. The number of aliphatic carboxylic acids is 1. The van der Waals surface area contributed by atoms with Crippen molar-refractivity contribution in [3.8, 4) is 0 Å². The van der Waals surface area contributed by atoms with Gasteiger partial charge in [-0.3, -0.25) is 18.7 Å². The lowest BCUT2D eigenvalue weighted by Gasteiger charge is -2.45. The predicted octanol–water partition coefficient (Wildman–Crippen LogP) is 1.35. The Balaban J connectivity index is 1.61. The number of hydrogen-bond donors (Lipinski definition) is 2. The third-order valence-corrected chi connectivity index (χ3v) is 4.78. The Morgan fingerprint density at radius 1 is 1.42 bits per heavy atom. The third-order valence-electron chi connectivity index (χ3n) is 4.78. The maximum Gasteiger partial charge on any atom is 0.303 e. The van der Waals surface area contributed by atoms with Gasteiger partial charge < -0.3 is 15.2 Å². The van der Waals surface area contributed by atoms with Gasteiger partial charge in [0.25, 0.3) is 0 Å². The van der Waals surface area contributed by atoms with Crippen LogP contribution in [-0.4, -0.2) is 57.9 Å². The van der Waals surface area contributed by atoms with Gasteiger partial charge in [-0.2, -0.15) is 0 Å². The van der Waals surface area contributed by atoms with Crippen LogP contribution in [0.15, 0.2) is 6.20 Å². The second-order valence-electron chi connectivity index (χ2n) is 6.92. The number of ether oxygens (including phenoxy) is 1. The zero-order valence-electron chi connectivity index (χ0n) is 15.1. The van der Waals surface area contributed by atoms with Gasteiger partial charge in [-0.05, 0) is 38.0 Å². The van der Waals surface area contributed by atoms with Gasteiger partial charge >= 0.3 is 5.97 Å². The van der Waals surface area contributed by atoms with Crippen molar-refractivity contribution in [3.63, 3.8) is 0 Å². The van der Waals surface area contributed by atoms with Crippen molar-refractivity contribution in [2.75, 3.05) is 20.3 Å². The first kappa shape index (κ1) is 20.3. The summed E-state index contributed by atoms with van der Waals surface area (Å²) in [4.78, 5) is 22.4. The van der Waals surface area contributed by atoms with E-state index in [2.05, 4.69) is 15.6 Å². The summed E-state index contributed by atoms with van der Waals surface area (Å²) in [6, 6.07) is 0. The largest absolute Gasteiger partial charge is 0.481 e. The van der Waals surface area contributed by atoms with Gasteiger partial charge in [-0.25, -0.2) is 0 Å². The fourth-order valence-corrected chi connectivity index (χ4v) is 3.22. The number of rotatable bonds is 12. The number of methoxy groups -OCH3 is 1. The summed E-state index contributed by atoms with van der Waals surface area (Å²) in [6.07, 6.45) is 5.33. The molecular weight excluding hydrogens is 343 g/mol. The van der Waals surface area contributed by atoms with Gasteiger partial charge in [0.1, 0.15) is 0 Å². The van der Waals surface area contributed by atoms with Gasteiger partial charge in [-0.15, -0.1) is 5.10 Å². The molecule has 146 valence electrons. The van der Waals surface area contributed by atoms with Crippen molar-refractivity contribution in [1.82, 2.24) is 20.3 Å². The molecule has 1 aliphatic rings. The second-order valence-corrected chi connectivity index (χ2v) is 6.92. The van der Waals surface area contributed by atoms with E-state index in [4.69, 9.17) is 9.84 Å². The molecule has 0 atom stereocenters. The highest BCUT2D eigenvalue weighted by atomic mass is 19.1. The summed E-state index contributed by atoms with van der Waals surface area (Å²) in [6.45, 7) is 0.591. The minimum absolute atomic E-state index is 0.0463. The number of hydrogen-bond acceptors (Lipinski definition) is 5. The molecule has 0 bridgehead atoms.